The largest absolute Gasteiger partial charge is 0.358 e. The summed E-state index contributed by atoms with van der Waals surface area (Å²) in [5, 5.41) is 6.92. The summed E-state index contributed by atoms with van der Waals surface area (Å²) in [5.41, 5.74) is 3.78. The number of rotatable bonds is 5. The molecule has 1 fully saturated rings. The highest BCUT2D eigenvalue weighted by molar-refractivity contribution is 7.80. The van der Waals surface area contributed by atoms with Crippen LogP contribution in [0.25, 0.3) is 0 Å². The van der Waals surface area contributed by atoms with Crippen molar-refractivity contribution in [2.75, 3.05) is 28.2 Å². The van der Waals surface area contributed by atoms with Gasteiger partial charge in [0.1, 0.15) is 11.6 Å². The van der Waals surface area contributed by atoms with Crippen molar-refractivity contribution in [2.24, 2.45) is 0 Å². The number of hydrogen-bond acceptors (Lipinski definition) is 6. The van der Waals surface area contributed by atoms with Crippen molar-refractivity contribution in [3.8, 4) is 0 Å². The molecule has 2 aliphatic heterocycles. The molecule has 4 heterocycles. The summed E-state index contributed by atoms with van der Waals surface area (Å²) < 4.78 is 0. The van der Waals surface area contributed by atoms with Crippen molar-refractivity contribution >= 4 is 34.9 Å². The predicted molar refractivity (Wildman–Crippen MR) is 132 cm³/mol. The van der Waals surface area contributed by atoms with Gasteiger partial charge in [-0.05, 0) is 54.2 Å². The van der Waals surface area contributed by atoms with E-state index in [1.165, 1.54) is 30.4 Å². The van der Waals surface area contributed by atoms with Gasteiger partial charge in [-0.1, -0.05) is 30.3 Å². The molecule has 0 unspecified atom stereocenters. The van der Waals surface area contributed by atoms with Crippen LogP contribution in [-0.2, 0) is 19.6 Å². The van der Waals surface area contributed by atoms with E-state index in [0.29, 0.717) is 17.6 Å². The van der Waals surface area contributed by atoms with Gasteiger partial charge in [-0.15, -0.1) is 0 Å². The second-order valence-corrected chi connectivity index (χ2v) is 8.66. The Morgan fingerprint density at radius 1 is 0.906 bits per heavy atom. The lowest BCUT2D eigenvalue weighted by molar-refractivity contribution is 0.573. The van der Waals surface area contributed by atoms with Gasteiger partial charge in [0.05, 0.1) is 0 Å². The number of thiocarbonyl (C=S) groups is 1. The third-order valence-corrected chi connectivity index (χ3v) is 6.19. The number of piperidine rings is 1. The molecule has 0 aliphatic carbocycles. The van der Waals surface area contributed by atoms with Gasteiger partial charge in [0.15, 0.2) is 5.11 Å². The number of pyridine rings is 1. The van der Waals surface area contributed by atoms with Crippen molar-refractivity contribution in [1.29, 1.82) is 0 Å². The summed E-state index contributed by atoms with van der Waals surface area (Å²) in [6.07, 6.45) is 7.26. The third-order valence-electron chi connectivity index (χ3n) is 5.95. The van der Waals surface area contributed by atoms with Crippen LogP contribution in [0.4, 0.5) is 17.6 Å². The minimum Gasteiger partial charge on any atom is -0.358 e. The molecule has 3 aromatic rings. The molecule has 2 aliphatic rings. The summed E-state index contributed by atoms with van der Waals surface area (Å²) in [4.78, 5) is 18.4. The molecule has 7 nitrogen and oxygen atoms in total. The smallest absolute Gasteiger partial charge is 0.232 e. The van der Waals surface area contributed by atoms with Crippen LogP contribution >= 0.6 is 12.2 Å². The quantitative estimate of drug-likeness (QED) is 0.574. The number of anilines is 3. The van der Waals surface area contributed by atoms with Crippen LogP contribution in [0.5, 0.6) is 0 Å². The van der Waals surface area contributed by atoms with Crippen LogP contribution in [0.2, 0.25) is 0 Å². The normalized spacial score (nSPS) is 15.4. The van der Waals surface area contributed by atoms with E-state index in [1.54, 1.807) is 6.20 Å². The Labute approximate surface area is 193 Å². The van der Waals surface area contributed by atoms with Crippen LogP contribution in [-0.4, -0.2) is 33.2 Å². The minimum absolute atomic E-state index is 0.500. The van der Waals surface area contributed by atoms with Gasteiger partial charge in [-0.25, -0.2) is 0 Å². The van der Waals surface area contributed by atoms with Gasteiger partial charge in [0, 0.05) is 51.2 Å². The Balaban J connectivity index is 1.35. The first-order valence-electron chi connectivity index (χ1n) is 11.1. The van der Waals surface area contributed by atoms with E-state index in [0.717, 1.165) is 43.4 Å². The second-order valence-electron chi connectivity index (χ2n) is 8.25. The molecule has 0 radical (unpaired) electrons. The fourth-order valence-electron chi connectivity index (χ4n) is 4.25. The lowest BCUT2D eigenvalue weighted by Crippen LogP contribution is -2.32. The molecule has 0 amide bonds. The molecular formula is C24H27N7S. The average molecular weight is 446 g/mol. The molecule has 1 aromatic carbocycles. The topological polar surface area (TPSA) is 69.2 Å². The first kappa shape index (κ1) is 20.6. The molecule has 2 N–H and O–H groups in total. The van der Waals surface area contributed by atoms with Crippen LogP contribution < -0.4 is 20.4 Å². The van der Waals surface area contributed by atoms with Crippen molar-refractivity contribution < 1.29 is 0 Å². The maximum atomic E-state index is 5.52. The van der Waals surface area contributed by atoms with E-state index in [2.05, 4.69) is 55.7 Å². The zero-order valence-electron chi connectivity index (χ0n) is 18.0. The number of aromatic nitrogens is 3. The van der Waals surface area contributed by atoms with Crippen LogP contribution in [0.15, 0.2) is 54.9 Å². The molecule has 32 heavy (non-hydrogen) atoms. The molecule has 1 saturated heterocycles. The van der Waals surface area contributed by atoms with Gasteiger partial charge in [0.2, 0.25) is 5.95 Å². The minimum atomic E-state index is 0.500. The van der Waals surface area contributed by atoms with E-state index in [-0.39, 0.29) is 0 Å². The lowest BCUT2D eigenvalue weighted by Gasteiger charge is -2.29. The number of nitrogens with one attached hydrogen (secondary N) is 2. The monoisotopic (exact) mass is 445 g/mol. The van der Waals surface area contributed by atoms with Crippen molar-refractivity contribution in [1.82, 2.24) is 20.3 Å². The number of nitrogens with zero attached hydrogens (tertiary/aromatic N) is 5. The van der Waals surface area contributed by atoms with Crippen LogP contribution in [0.1, 0.15) is 36.0 Å². The van der Waals surface area contributed by atoms with Gasteiger partial charge in [-0.2, -0.15) is 9.97 Å². The van der Waals surface area contributed by atoms with Crippen molar-refractivity contribution in [2.45, 2.75) is 38.9 Å². The Bertz CT molecular complexity index is 1060. The molecular weight excluding hydrogens is 418 g/mol. The summed E-state index contributed by atoms with van der Waals surface area (Å²) in [7, 11) is 0. The summed E-state index contributed by atoms with van der Waals surface area (Å²) in [5.74, 6) is 2.42. The number of benzene rings is 1. The molecule has 0 bridgehead atoms. The fourth-order valence-corrected chi connectivity index (χ4v) is 4.41. The highest BCUT2D eigenvalue weighted by Crippen LogP contribution is 2.30. The molecule has 0 spiro atoms. The van der Waals surface area contributed by atoms with E-state index in [1.807, 2.05) is 18.3 Å². The van der Waals surface area contributed by atoms with Gasteiger partial charge in [0.25, 0.3) is 0 Å². The summed E-state index contributed by atoms with van der Waals surface area (Å²) in [6.45, 7) is 4.37. The molecule has 5 rings (SSSR count). The molecule has 0 atom stereocenters. The zero-order chi connectivity index (χ0) is 21.8. The Kier molecular flexibility index (Phi) is 6.11. The van der Waals surface area contributed by atoms with Crippen molar-refractivity contribution in [3.63, 3.8) is 0 Å². The highest BCUT2D eigenvalue weighted by Gasteiger charge is 2.22. The second kappa shape index (κ2) is 9.48. The average Bonchev–Trinajstić information content (AvgIpc) is 3.28. The van der Waals surface area contributed by atoms with Gasteiger partial charge >= 0.3 is 0 Å². The molecule has 8 heteroatoms. The van der Waals surface area contributed by atoms with Crippen LogP contribution in [0, 0.1) is 0 Å². The van der Waals surface area contributed by atoms with Gasteiger partial charge in [-0.3, -0.25) is 4.98 Å². The third kappa shape index (κ3) is 4.80. The SMILES string of the molecule is S=C(NCc1cccnc1)Nc1nc(N2CCCCC2)cc(N2Cc3ccccc3C2)n1. The van der Waals surface area contributed by atoms with E-state index in [9.17, 15) is 0 Å². The van der Waals surface area contributed by atoms with Crippen LogP contribution in [0.3, 0.4) is 0 Å². The van der Waals surface area contributed by atoms with Crippen molar-refractivity contribution in [3.05, 3.63) is 71.5 Å². The molecule has 2 aromatic heterocycles. The summed E-state index contributed by atoms with van der Waals surface area (Å²) >= 11 is 5.52. The van der Waals surface area contributed by atoms with E-state index >= 15 is 0 Å². The van der Waals surface area contributed by atoms with E-state index in [4.69, 9.17) is 22.2 Å². The Morgan fingerprint density at radius 2 is 1.62 bits per heavy atom. The number of hydrogen-bond donors (Lipinski definition) is 2. The molecule has 164 valence electrons. The summed E-state index contributed by atoms with van der Waals surface area (Å²) in [6, 6.07) is 14.6. The number of fused-ring (bicyclic) bond motifs is 1. The molecule has 0 saturated carbocycles. The fraction of sp³-hybridized carbons (Fsp3) is 0.333. The maximum Gasteiger partial charge on any atom is 0.232 e. The van der Waals surface area contributed by atoms with Gasteiger partial charge < -0.3 is 20.4 Å². The Hall–Kier alpha value is -3.26. The first-order chi connectivity index (χ1) is 15.7. The Morgan fingerprint density at radius 3 is 2.31 bits per heavy atom. The zero-order valence-corrected chi connectivity index (χ0v) is 18.8. The highest BCUT2D eigenvalue weighted by atomic mass is 32.1. The van der Waals surface area contributed by atoms with E-state index < -0.39 is 0 Å². The first-order valence-corrected chi connectivity index (χ1v) is 11.5. The lowest BCUT2D eigenvalue weighted by atomic mass is 10.1. The standard InChI is InChI=1S/C24H27N7S/c32-24(26-15-18-7-6-10-25-14-18)29-23-27-21(30-11-4-1-5-12-30)13-22(28-23)31-16-19-8-2-3-9-20(19)17-31/h2-3,6-10,13-14H,1,4-5,11-12,15-17H2,(H2,26,27,28,29,32). The maximum absolute atomic E-state index is 5.52. The predicted octanol–water partition coefficient (Wildman–Crippen LogP) is 3.87.